The maximum absolute atomic E-state index is 10.3. The van der Waals surface area contributed by atoms with Crippen molar-refractivity contribution in [2.24, 2.45) is 0 Å². The fraction of sp³-hybridized carbons (Fsp3) is 0.189. The lowest BCUT2D eigenvalue weighted by Crippen LogP contribution is -2.24. The molecule has 4 N–H and O–H groups in total. The van der Waals surface area contributed by atoms with E-state index in [1.165, 1.54) is 11.1 Å². The van der Waals surface area contributed by atoms with Crippen molar-refractivity contribution in [2.75, 3.05) is 25.5 Å². The molecular weight excluding hydrogens is 598 g/mol. The minimum atomic E-state index is -0.467. The molecule has 0 amide bonds. The first-order chi connectivity index (χ1) is 21.0. The summed E-state index contributed by atoms with van der Waals surface area (Å²) in [7, 11) is 2.03. The molecule has 5 aromatic rings. The number of para-hydroxylation sites is 1. The highest BCUT2D eigenvalue weighted by Crippen LogP contribution is 2.19. The largest absolute Gasteiger partial charge is 0.387 e. The molecule has 5 nitrogen and oxygen atoms in total. The van der Waals surface area contributed by atoms with E-state index in [1.54, 1.807) is 0 Å². The zero-order chi connectivity index (χ0) is 30.3. The Morgan fingerprint density at radius 1 is 0.605 bits per heavy atom. The molecule has 0 saturated carbocycles. The third-order valence-corrected chi connectivity index (χ3v) is 7.43. The SMILES string of the molecule is CN(Cc1ccc(Nc2ccccc2)cc1)C[C@@H](O)c1ccccc1.O[C@H](CNCc1ccc(Br)cc1)c1ccccc1. The molecule has 2 atom stereocenters. The molecule has 0 spiro atoms. The zero-order valence-corrected chi connectivity index (χ0v) is 26.1. The fourth-order valence-electron chi connectivity index (χ4n) is 4.58. The van der Waals surface area contributed by atoms with E-state index in [-0.39, 0.29) is 0 Å². The standard InChI is InChI=1S/C22H24N2O.C15H16BrNO/c1-24(17-22(25)19-8-4-2-5-9-19)16-18-12-14-21(15-13-18)23-20-10-6-3-7-11-20;16-14-8-6-12(7-9-14)10-17-11-15(18)13-4-2-1-3-5-13/h2-15,22-23,25H,16-17H2,1H3;1-9,15,17-18H,10-11H2/t22-;15-/m11/s1. The highest BCUT2D eigenvalue weighted by molar-refractivity contribution is 9.10. The maximum Gasteiger partial charge on any atom is 0.0916 e. The van der Waals surface area contributed by atoms with Gasteiger partial charge in [-0.1, -0.05) is 119 Å². The highest BCUT2D eigenvalue weighted by Gasteiger charge is 2.11. The van der Waals surface area contributed by atoms with Crippen molar-refractivity contribution in [1.82, 2.24) is 10.2 Å². The summed E-state index contributed by atoms with van der Waals surface area (Å²) in [6.07, 6.45) is -0.924. The molecule has 0 aliphatic heterocycles. The van der Waals surface area contributed by atoms with Crippen LogP contribution in [0.2, 0.25) is 0 Å². The van der Waals surface area contributed by atoms with Gasteiger partial charge in [0.25, 0.3) is 0 Å². The Morgan fingerprint density at radius 3 is 1.67 bits per heavy atom. The third kappa shape index (κ3) is 11.4. The van der Waals surface area contributed by atoms with Crippen LogP contribution in [0.5, 0.6) is 0 Å². The average Bonchev–Trinajstić information content (AvgIpc) is 3.04. The lowest BCUT2D eigenvalue weighted by atomic mass is 10.1. The summed E-state index contributed by atoms with van der Waals surface area (Å²) in [5, 5.41) is 26.9. The van der Waals surface area contributed by atoms with Crippen LogP contribution in [0.25, 0.3) is 0 Å². The molecule has 0 aromatic heterocycles. The molecule has 0 saturated heterocycles. The quantitative estimate of drug-likeness (QED) is 0.112. The van der Waals surface area contributed by atoms with Gasteiger partial charge in [-0.05, 0) is 65.7 Å². The first-order valence-electron chi connectivity index (χ1n) is 14.5. The third-order valence-electron chi connectivity index (χ3n) is 6.90. The van der Waals surface area contributed by atoms with Crippen LogP contribution in [-0.2, 0) is 13.1 Å². The normalized spacial score (nSPS) is 12.2. The minimum Gasteiger partial charge on any atom is -0.387 e. The minimum absolute atomic E-state index is 0.457. The smallest absolute Gasteiger partial charge is 0.0916 e. The Bertz CT molecular complexity index is 1450. The second-order valence-electron chi connectivity index (χ2n) is 10.5. The van der Waals surface area contributed by atoms with Gasteiger partial charge in [-0.15, -0.1) is 0 Å². The Hall–Kier alpha value is -3.78. The van der Waals surface area contributed by atoms with Crippen LogP contribution in [-0.4, -0.2) is 35.3 Å². The number of aliphatic hydroxyl groups excluding tert-OH is 2. The molecule has 0 aliphatic carbocycles. The van der Waals surface area contributed by atoms with Gasteiger partial charge in [-0.3, -0.25) is 4.90 Å². The van der Waals surface area contributed by atoms with Crippen LogP contribution in [0.1, 0.15) is 34.5 Å². The first-order valence-corrected chi connectivity index (χ1v) is 15.3. The summed E-state index contributed by atoms with van der Waals surface area (Å²) in [5.74, 6) is 0. The lowest BCUT2D eigenvalue weighted by molar-refractivity contribution is 0.124. The van der Waals surface area contributed by atoms with Crippen LogP contribution in [0, 0.1) is 0 Å². The van der Waals surface area contributed by atoms with Crippen LogP contribution < -0.4 is 10.6 Å². The lowest BCUT2D eigenvalue weighted by Gasteiger charge is -2.21. The molecule has 43 heavy (non-hydrogen) atoms. The molecule has 0 radical (unpaired) electrons. The molecule has 6 heteroatoms. The van der Waals surface area contributed by atoms with Gasteiger partial charge in [0, 0.05) is 42.0 Å². The summed E-state index contributed by atoms with van der Waals surface area (Å²) in [4.78, 5) is 2.14. The van der Waals surface area contributed by atoms with Crippen molar-refractivity contribution >= 4 is 27.3 Å². The topological polar surface area (TPSA) is 67.8 Å². The van der Waals surface area contributed by atoms with E-state index in [0.29, 0.717) is 13.1 Å². The van der Waals surface area contributed by atoms with E-state index in [4.69, 9.17) is 0 Å². The number of benzene rings is 5. The maximum atomic E-state index is 10.3. The van der Waals surface area contributed by atoms with Crippen molar-refractivity contribution in [3.05, 3.63) is 166 Å². The monoisotopic (exact) mass is 637 g/mol. The second kappa shape index (κ2) is 17.4. The van der Waals surface area contributed by atoms with Crippen LogP contribution in [0.3, 0.4) is 0 Å². The number of rotatable bonds is 12. The number of nitrogens with one attached hydrogen (secondary N) is 2. The molecule has 0 aliphatic rings. The first kappa shape index (κ1) is 32.1. The summed E-state index contributed by atoms with van der Waals surface area (Å²) in [5.41, 5.74) is 6.48. The molecule has 0 fully saturated rings. The van der Waals surface area contributed by atoms with E-state index in [9.17, 15) is 10.2 Å². The highest BCUT2D eigenvalue weighted by atomic mass is 79.9. The number of halogens is 1. The molecule has 0 heterocycles. The predicted molar refractivity (Wildman–Crippen MR) is 181 cm³/mol. The number of likely N-dealkylation sites (N-methyl/N-ethyl adjacent to an activating group) is 1. The van der Waals surface area contributed by atoms with E-state index in [0.717, 1.165) is 40.1 Å². The van der Waals surface area contributed by atoms with E-state index >= 15 is 0 Å². The Balaban J connectivity index is 0.000000208. The summed E-state index contributed by atoms with van der Waals surface area (Å²) in [6.45, 7) is 2.72. The summed E-state index contributed by atoms with van der Waals surface area (Å²) >= 11 is 3.41. The molecule has 5 rings (SSSR count). The van der Waals surface area contributed by atoms with Crippen LogP contribution in [0.15, 0.2) is 144 Å². The Kier molecular flexibility index (Phi) is 13.0. The molecular formula is C37H40BrN3O2. The second-order valence-corrected chi connectivity index (χ2v) is 11.4. The average molecular weight is 639 g/mol. The Morgan fingerprint density at radius 2 is 1.09 bits per heavy atom. The number of aliphatic hydroxyl groups is 2. The summed E-state index contributed by atoms with van der Waals surface area (Å²) < 4.78 is 1.08. The van der Waals surface area contributed by atoms with E-state index < -0.39 is 12.2 Å². The van der Waals surface area contributed by atoms with Gasteiger partial charge in [0.15, 0.2) is 0 Å². The van der Waals surface area contributed by atoms with Crippen molar-refractivity contribution in [2.45, 2.75) is 25.3 Å². The van der Waals surface area contributed by atoms with Crippen molar-refractivity contribution in [1.29, 1.82) is 0 Å². The number of hydrogen-bond acceptors (Lipinski definition) is 5. The van der Waals surface area contributed by atoms with Crippen LogP contribution in [0.4, 0.5) is 11.4 Å². The number of hydrogen-bond donors (Lipinski definition) is 4. The van der Waals surface area contributed by atoms with Gasteiger partial charge >= 0.3 is 0 Å². The molecule has 0 bridgehead atoms. The van der Waals surface area contributed by atoms with Crippen molar-refractivity contribution in [3.63, 3.8) is 0 Å². The van der Waals surface area contributed by atoms with Crippen molar-refractivity contribution in [3.8, 4) is 0 Å². The van der Waals surface area contributed by atoms with Crippen molar-refractivity contribution < 1.29 is 10.2 Å². The van der Waals surface area contributed by atoms with Gasteiger partial charge < -0.3 is 20.8 Å². The Labute approximate surface area is 264 Å². The van der Waals surface area contributed by atoms with Gasteiger partial charge in [0.1, 0.15) is 0 Å². The molecule has 222 valence electrons. The van der Waals surface area contributed by atoms with E-state index in [2.05, 4.69) is 67.9 Å². The van der Waals surface area contributed by atoms with Gasteiger partial charge in [0.2, 0.25) is 0 Å². The molecule has 5 aromatic carbocycles. The fourth-order valence-corrected chi connectivity index (χ4v) is 4.85. The predicted octanol–water partition coefficient (Wildman–Crippen LogP) is 7.87. The van der Waals surface area contributed by atoms with E-state index in [1.807, 2.05) is 110 Å². The van der Waals surface area contributed by atoms with Gasteiger partial charge in [-0.25, -0.2) is 0 Å². The number of anilines is 2. The zero-order valence-electron chi connectivity index (χ0n) is 24.5. The van der Waals surface area contributed by atoms with Crippen LogP contribution >= 0.6 is 15.9 Å². The van der Waals surface area contributed by atoms with Gasteiger partial charge in [-0.2, -0.15) is 0 Å². The van der Waals surface area contributed by atoms with Gasteiger partial charge in [0.05, 0.1) is 12.2 Å². The molecule has 0 unspecified atom stereocenters. The number of nitrogens with zero attached hydrogens (tertiary/aromatic N) is 1. The summed E-state index contributed by atoms with van der Waals surface area (Å²) in [6, 6.07) is 46.2.